The highest BCUT2D eigenvalue weighted by Gasteiger charge is 2.11. The van der Waals surface area contributed by atoms with Gasteiger partial charge in [-0.25, -0.2) is 4.79 Å². The number of carbonyl (C=O) groups excluding carboxylic acids is 1. The summed E-state index contributed by atoms with van der Waals surface area (Å²) in [6.45, 7) is 8.21. The van der Waals surface area contributed by atoms with E-state index in [1.807, 2.05) is 31.2 Å². The number of hydrogen-bond acceptors (Lipinski definition) is 2. The Morgan fingerprint density at radius 3 is 2.82 bits per heavy atom. The molecule has 1 unspecified atom stereocenters. The quantitative estimate of drug-likeness (QED) is 0.548. The molecule has 2 nitrogen and oxygen atoms in total. The van der Waals surface area contributed by atoms with Crippen LogP contribution < -0.4 is 0 Å². The number of benzene rings is 1. The summed E-state index contributed by atoms with van der Waals surface area (Å²) < 4.78 is 4.99. The second-order valence-corrected chi connectivity index (χ2v) is 3.98. The van der Waals surface area contributed by atoms with Crippen molar-refractivity contribution in [1.82, 2.24) is 0 Å². The molecule has 0 aliphatic carbocycles. The predicted molar refractivity (Wildman–Crippen MR) is 70.2 cm³/mol. The Balaban J connectivity index is 2.91. The number of rotatable bonds is 6. The Labute approximate surface area is 103 Å². The molecule has 17 heavy (non-hydrogen) atoms. The second kappa shape index (κ2) is 6.89. The van der Waals surface area contributed by atoms with Crippen LogP contribution in [0.2, 0.25) is 0 Å². The topological polar surface area (TPSA) is 26.3 Å². The van der Waals surface area contributed by atoms with E-state index in [1.54, 1.807) is 6.07 Å². The monoisotopic (exact) mass is 232 g/mol. The molecule has 0 saturated heterocycles. The normalized spacial score (nSPS) is 11.9. The molecule has 1 aromatic rings. The van der Waals surface area contributed by atoms with Crippen LogP contribution in [0.15, 0.2) is 36.9 Å². The van der Waals surface area contributed by atoms with E-state index in [1.165, 1.54) is 0 Å². The van der Waals surface area contributed by atoms with E-state index in [0.29, 0.717) is 18.1 Å². The van der Waals surface area contributed by atoms with Crippen LogP contribution in [0, 0.1) is 0 Å². The number of allylic oxidation sites excluding steroid dienone is 1. The standard InChI is InChI=1S/C15H20O2/c1-4-8-12(5-2)13-9-7-10-14(11-13)15(16)17-6-3/h5,7,9-12H,2,4,6,8H2,1,3H3. The van der Waals surface area contributed by atoms with Gasteiger partial charge in [-0.15, -0.1) is 6.58 Å². The third-order valence-corrected chi connectivity index (χ3v) is 2.71. The predicted octanol–water partition coefficient (Wildman–Crippen LogP) is 3.93. The molecule has 0 saturated carbocycles. The molecule has 1 aromatic carbocycles. The fraction of sp³-hybridized carbons (Fsp3) is 0.400. The highest BCUT2D eigenvalue weighted by Crippen LogP contribution is 2.23. The van der Waals surface area contributed by atoms with Crippen LogP contribution in [0.1, 0.15) is 48.5 Å². The zero-order valence-corrected chi connectivity index (χ0v) is 10.6. The van der Waals surface area contributed by atoms with Crippen molar-refractivity contribution in [2.75, 3.05) is 6.61 Å². The average molecular weight is 232 g/mol. The van der Waals surface area contributed by atoms with Crippen molar-refractivity contribution in [2.45, 2.75) is 32.6 Å². The van der Waals surface area contributed by atoms with Crippen LogP contribution in [0.4, 0.5) is 0 Å². The maximum absolute atomic E-state index is 11.6. The molecule has 0 N–H and O–H groups in total. The summed E-state index contributed by atoms with van der Waals surface area (Å²) in [4.78, 5) is 11.6. The van der Waals surface area contributed by atoms with Gasteiger partial charge in [-0.05, 0) is 31.0 Å². The maximum Gasteiger partial charge on any atom is 0.338 e. The lowest BCUT2D eigenvalue weighted by molar-refractivity contribution is 0.0526. The fourth-order valence-corrected chi connectivity index (χ4v) is 1.84. The molecule has 0 radical (unpaired) electrons. The number of esters is 1. The molecular formula is C15H20O2. The van der Waals surface area contributed by atoms with Crippen LogP contribution in [0.25, 0.3) is 0 Å². The molecule has 92 valence electrons. The van der Waals surface area contributed by atoms with Crippen molar-refractivity contribution in [3.8, 4) is 0 Å². The minimum atomic E-state index is -0.256. The van der Waals surface area contributed by atoms with Crippen LogP contribution in [0.5, 0.6) is 0 Å². The molecule has 0 aromatic heterocycles. The van der Waals surface area contributed by atoms with E-state index in [4.69, 9.17) is 4.74 Å². The third kappa shape index (κ3) is 3.74. The van der Waals surface area contributed by atoms with Gasteiger partial charge in [0, 0.05) is 5.92 Å². The van der Waals surface area contributed by atoms with Gasteiger partial charge >= 0.3 is 5.97 Å². The van der Waals surface area contributed by atoms with Crippen molar-refractivity contribution >= 4 is 5.97 Å². The molecule has 2 heteroatoms. The van der Waals surface area contributed by atoms with E-state index in [0.717, 1.165) is 18.4 Å². The van der Waals surface area contributed by atoms with Crippen molar-refractivity contribution in [3.63, 3.8) is 0 Å². The van der Waals surface area contributed by atoms with Gasteiger partial charge in [0.25, 0.3) is 0 Å². The lowest BCUT2D eigenvalue weighted by Gasteiger charge is -2.12. The summed E-state index contributed by atoms with van der Waals surface area (Å²) in [5.74, 6) is 0.0584. The minimum Gasteiger partial charge on any atom is -0.462 e. The lowest BCUT2D eigenvalue weighted by atomic mass is 9.93. The first-order valence-corrected chi connectivity index (χ1v) is 6.12. The molecule has 1 atom stereocenters. The Kier molecular flexibility index (Phi) is 5.47. The molecule has 0 aliphatic rings. The van der Waals surface area contributed by atoms with Gasteiger partial charge in [0.05, 0.1) is 12.2 Å². The van der Waals surface area contributed by atoms with Crippen LogP contribution in [0.3, 0.4) is 0 Å². The van der Waals surface area contributed by atoms with E-state index in [9.17, 15) is 4.79 Å². The fourth-order valence-electron chi connectivity index (χ4n) is 1.84. The van der Waals surface area contributed by atoms with Gasteiger partial charge in [0.2, 0.25) is 0 Å². The Hall–Kier alpha value is -1.57. The van der Waals surface area contributed by atoms with Crippen molar-refractivity contribution in [2.24, 2.45) is 0 Å². The summed E-state index contributed by atoms with van der Waals surface area (Å²) >= 11 is 0. The molecule has 0 amide bonds. The largest absolute Gasteiger partial charge is 0.462 e. The highest BCUT2D eigenvalue weighted by molar-refractivity contribution is 5.89. The van der Waals surface area contributed by atoms with E-state index >= 15 is 0 Å². The van der Waals surface area contributed by atoms with E-state index in [2.05, 4.69) is 13.5 Å². The highest BCUT2D eigenvalue weighted by atomic mass is 16.5. The first kappa shape index (κ1) is 13.5. The average Bonchev–Trinajstić information content (AvgIpc) is 2.36. The molecular weight excluding hydrogens is 212 g/mol. The van der Waals surface area contributed by atoms with E-state index in [-0.39, 0.29) is 5.97 Å². The zero-order valence-electron chi connectivity index (χ0n) is 10.6. The molecule has 0 aliphatic heterocycles. The van der Waals surface area contributed by atoms with Gasteiger partial charge in [-0.3, -0.25) is 0 Å². The SMILES string of the molecule is C=CC(CCC)c1cccc(C(=O)OCC)c1. The lowest BCUT2D eigenvalue weighted by Crippen LogP contribution is -2.05. The number of carbonyl (C=O) groups is 1. The van der Waals surface area contributed by atoms with Crippen LogP contribution >= 0.6 is 0 Å². The maximum atomic E-state index is 11.6. The Morgan fingerprint density at radius 1 is 1.47 bits per heavy atom. The van der Waals surface area contributed by atoms with Crippen molar-refractivity contribution in [3.05, 3.63) is 48.0 Å². The molecule has 0 heterocycles. The minimum absolute atomic E-state index is 0.256. The van der Waals surface area contributed by atoms with Crippen LogP contribution in [-0.2, 0) is 4.74 Å². The molecule has 1 rings (SSSR count). The first-order chi connectivity index (χ1) is 8.22. The van der Waals surface area contributed by atoms with E-state index < -0.39 is 0 Å². The number of ether oxygens (including phenoxy) is 1. The van der Waals surface area contributed by atoms with Gasteiger partial charge < -0.3 is 4.74 Å². The second-order valence-electron chi connectivity index (χ2n) is 3.98. The summed E-state index contributed by atoms with van der Waals surface area (Å²) in [6, 6.07) is 7.62. The summed E-state index contributed by atoms with van der Waals surface area (Å²) in [5, 5.41) is 0. The zero-order chi connectivity index (χ0) is 12.7. The van der Waals surface area contributed by atoms with Crippen LogP contribution in [-0.4, -0.2) is 12.6 Å². The van der Waals surface area contributed by atoms with Gasteiger partial charge in [-0.1, -0.05) is 31.6 Å². The Bertz CT molecular complexity index is 382. The number of hydrogen-bond donors (Lipinski definition) is 0. The third-order valence-electron chi connectivity index (χ3n) is 2.71. The van der Waals surface area contributed by atoms with Gasteiger partial charge in [0.1, 0.15) is 0 Å². The summed E-state index contributed by atoms with van der Waals surface area (Å²) in [7, 11) is 0. The smallest absolute Gasteiger partial charge is 0.338 e. The van der Waals surface area contributed by atoms with Crippen molar-refractivity contribution < 1.29 is 9.53 Å². The molecule has 0 spiro atoms. The molecule has 0 fully saturated rings. The summed E-state index contributed by atoms with van der Waals surface area (Å²) in [6.07, 6.45) is 4.09. The van der Waals surface area contributed by atoms with Gasteiger partial charge in [0.15, 0.2) is 0 Å². The Morgan fingerprint density at radius 2 is 2.24 bits per heavy atom. The molecule has 0 bridgehead atoms. The summed E-state index contributed by atoms with van der Waals surface area (Å²) in [5.41, 5.74) is 1.75. The van der Waals surface area contributed by atoms with Crippen molar-refractivity contribution in [1.29, 1.82) is 0 Å². The first-order valence-electron chi connectivity index (χ1n) is 6.12. The van der Waals surface area contributed by atoms with Gasteiger partial charge in [-0.2, -0.15) is 0 Å².